The summed E-state index contributed by atoms with van der Waals surface area (Å²) in [5.41, 5.74) is 2.60. The molecule has 1 N–H and O–H groups in total. The molecule has 1 aliphatic heterocycles. The van der Waals surface area contributed by atoms with E-state index in [0.29, 0.717) is 44.7 Å². The van der Waals surface area contributed by atoms with Gasteiger partial charge in [-0.2, -0.15) is 0 Å². The lowest BCUT2D eigenvalue weighted by molar-refractivity contribution is 0.195. The highest BCUT2D eigenvalue weighted by Gasteiger charge is 2.26. The highest BCUT2D eigenvalue weighted by Crippen LogP contribution is 2.28. The van der Waals surface area contributed by atoms with Crippen molar-refractivity contribution in [1.29, 1.82) is 0 Å². The Balaban J connectivity index is 1.94. The van der Waals surface area contributed by atoms with Crippen LogP contribution < -0.4 is 10.2 Å². The van der Waals surface area contributed by atoms with Crippen LogP contribution in [0.25, 0.3) is 0 Å². The van der Waals surface area contributed by atoms with Gasteiger partial charge < -0.3 is 15.1 Å². The number of anilines is 1. The second-order valence-corrected chi connectivity index (χ2v) is 7.92. The van der Waals surface area contributed by atoms with Gasteiger partial charge in [0.05, 0.1) is 0 Å². The second kappa shape index (κ2) is 9.87. The van der Waals surface area contributed by atoms with E-state index in [-0.39, 0.29) is 17.8 Å². The van der Waals surface area contributed by atoms with Crippen molar-refractivity contribution in [3.8, 4) is 0 Å². The number of urea groups is 1. The lowest BCUT2D eigenvalue weighted by Crippen LogP contribution is -2.52. The first kappa shape index (κ1) is 22.0. The number of amides is 2. The number of carbonyl (C=O) groups is 1. The standard InChI is InChI=1S/C23H32FN5O/c1-5-20-18(15-17-9-7-8-10-19(17)24)22(27-21(26-20)16(3)4)28-11-13-29(14-12-28)23(30)25-6-2/h7-10,16H,5-6,11-15H2,1-4H3,(H,25,30). The van der Waals surface area contributed by atoms with Crippen LogP contribution in [-0.4, -0.2) is 53.6 Å². The third kappa shape index (κ3) is 4.89. The monoisotopic (exact) mass is 413 g/mol. The van der Waals surface area contributed by atoms with Crippen LogP contribution in [0.2, 0.25) is 0 Å². The molecule has 1 aliphatic rings. The minimum Gasteiger partial charge on any atom is -0.353 e. The van der Waals surface area contributed by atoms with Crippen molar-refractivity contribution in [3.05, 3.63) is 52.7 Å². The smallest absolute Gasteiger partial charge is 0.317 e. The molecular weight excluding hydrogens is 381 g/mol. The van der Waals surface area contributed by atoms with E-state index in [2.05, 4.69) is 31.0 Å². The second-order valence-electron chi connectivity index (χ2n) is 7.92. The van der Waals surface area contributed by atoms with Gasteiger partial charge in [-0.25, -0.2) is 19.2 Å². The molecule has 2 aromatic rings. The van der Waals surface area contributed by atoms with Crippen LogP contribution in [0, 0.1) is 5.82 Å². The highest BCUT2D eigenvalue weighted by molar-refractivity contribution is 5.74. The molecule has 0 saturated carbocycles. The highest BCUT2D eigenvalue weighted by atomic mass is 19.1. The Morgan fingerprint density at radius 2 is 1.83 bits per heavy atom. The van der Waals surface area contributed by atoms with E-state index in [1.165, 1.54) is 6.07 Å². The molecule has 1 fully saturated rings. The van der Waals surface area contributed by atoms with E-state index in [4.69, 9.17) is 9.97 Å². The Morgan fingerprint density at radius 1 is 1.13 bits per heavy atom. The summed E-state index contributed by atoms with van der Waals surface area (Å²) >= 11 is 0. The van der Waals surface area contributed by atoms with Crippen molar-refractivity contribution in [1.82, 2.24) is 20.2 Å². The maximum atomic E-state index is 14.4. The van der Waals surface area contributed by atoms with E-state index in [0.717, 1.165) is 29.3 Å². The minimum atomic E-state index is -0.209. The van der Waals surface area contributed by atoms with E-state index in [9.17, 15) is 9.18 Å². The number of nitrogens with zero attached hydrogens (tertiary/aromatic N) is 4. The maximum Gasteiger partial charge on any atom is 0.317 e. The van der Waals surface area contributed by atoms with Crippen LogP contribution in [0.1, 0.15) is 56.3 Å². The van der Waals surface area contributed by atoms with Crippen LogP contribution in [0.5, 0.6) is 0 Å². The maximum absolute atomic E-state index is 14.4. The van der Waals surface area contributed by atoms with Gasteiger partial charge in [-0.05, 0) is 25.0 Å². The third-order valence-corrected chi connectivity index (χ3v) is 5.46. The summed E-state index contributed by atoms with van der Waals surface area (Å²) in [7, 11) is 0. The molecule has 0 spiro atoms. The van der Waals surface area contributed by atoms with Gasteiger partial charge in [0.25, 0.3) is 0 Å². The van der Waals surface area contributed by atoms with Gasteiger partial charge in [-0.15, -0.1) is 0 Å². The summed E-state index contributed by atoms with van der Waals surface area (Å²) in [6.07, 6.45) is 1.22. The number of hydrogen-bond acceptors (Lipinski definition) is 4. The molecule has 0 unspecified atom stereocenters. The summed E-state index contributed by atoms with van der Waals surface area (Å²) < 4.78 is 14.4. The number of rotatable bonds is 6. The molecule has 0 bridgehead atoms. The fourth-order valence-corrected chi connectivity index (χ4v) is 3.75. The van der Waals surface area contributed by atoms with Crippen molar-refractivity contribution in [2.75, 3.05) is 37.6 Å². The zero-order valence-corrected chi connectivity index (χ0v) is 18.4. The van der Waals surface area contributed by atoms with Crippen molar-refractivity contribution in [2.45, 2.75) is 46.5 Å². The number of halogens is 1. The largest absolute Gasteiger partial charge is 0.353 e. The molecule has 3 rings (SSSR count). The fourth-order valence-electron chi connectivity index (χ4n) is 3.75. The molecule has 1 saturated heterocycles. The van der Waals surface area contributed by atoms with Crippen molar-refractivity contribution < 1.29 is 9.18 Å². The molecule has 0 atom stereocenters. The third-order valence-electron chi connectivity index (χ3n) is 5.46. The Bertz CT molecular complexity index is 878. The summed E-state index contributed by atoms with van der Waals surface area (Å²) in [6.45, 7) is 11.4. The lowest BCUT2D eigenvalue weighted by atomic mass is 10.0. The van der Waals surface area contributed by atoms with E-state index in [1.807, 2.05) is 24.0 Å². The summed E-state index contributed by atoms with van der Waals surface area (Å²) in [5.74, 6) is 1.68. The molecule has 1 aromatic carbocycles. The van der Waals surface area contributed by atoms with Crippen molar-refractivity contribution >= 4 is 11.8 Å². The summed E-state index contributed by atoms with van der Waals surface area (Å²) in [4.78, 5) is 25.9. The Kier molecular flexibility index (Phi) is 7.24. The molecule has 7 heteroatoms. The molecule has 162 valence electrons. The zero-order chi connectivity index (χ0) is 21.7. The molecule has 6 nitrogen and oxygen atoms in total. The predicted octanol–water partition coefficient (Wildman–Crippen LogP) is 3.74. The number of benzene rings is 1. The van der Waals surface area contributed by atoms with Crippen LogP contribution in [0.4, 0.5) is 15.0 Å². The molecule has 0 radical (unpaired) electrons. The SMILES string of the molecule is CCNC(=O)N1CCN(c2nc(C(C)C)nc(CC)c2Cc2ccccc2F)CC1. The minimum absolute atomic E-state index is 0.0245. The molecule has 2 heterocycles. The number of aryl methyl sites for hydroxylation is 1. The number of piperazine rings is 1. The van der Waals surface area contributed by atoms with Gasteiger partial charge in [0.1, 0.15) is 17.5 Å². The van der Waals surface area contributed by atoms with E-state index in [1.54, 1.807) is 6.07 Å². The summed E-state index contributed by atoms with van der Waals surface area (Å²) in [6, 6.07) is 6.86. The first-order valence-electron chi connectivity index (χ1n) is 10.8. The number of carbonyl (C=O) groups excluding carboxylic acids is 1. The Hall–Kier alpha value is -2.70. The van der Waals surface area contributed by atoms with Gasteiger partial charge in [-0.3, -0.25) is 0 Å². The Labute approximate surface area is 178 Å². The van der Waals surface area contributed by atoms with Crippen LogP contribution in [-0.2, 0) is 12.8 Å². The molecule has 30 heavy (non-hydrogen) atoms. The van der Waals surface area contributed by atoms with Gasteiger partial charge in [0.2, 0.25) is 0 Å². The fraction of sp³-hybridized carbons (Fsp3) is 0.522. The topological polar surface area (TPSA) is 61.4 Å². The number of aromatic nitrogens is 2. The first-order chi connectivity index (χ1) is 14.4. The van der Waals surface area contributed by atoms with Crippen molar-refractivity contribution in [3.63, 3.8) is 0 Å². The van der Waals surface area contributed by atoms with Crippen molar-refractivity contribution in [2.24, 2.45) is 0 Å². The quantitative estimate of drug-likeness (QED) is 0.784. The zero-order valence-electron chi connectivity index (χ0n) is 18.4. The number of nitrogens with one attached hydrogen (secondary N) is 1. The molecule has 0 aliphatic carbocycles. The summed E-state index contributed by atoms with van der Waals surface area (Å²) in [5, 5.41) is 2.86. The van der Waals surface area contributed by atoms with Gasteiger partial charge in [0.15, 0.2) is 0 Å². The van der Waals surface area contributed by atoms with Gasteiger partial charge >= 0.3 is 6.03 Å². The average molecular weight is 414 g/mol. The predicted molar refractivity (Wildman–Crippen MR) is 118 cm³/mol. The van der Waals surface area contributed by atoms with Crippen LogP contribution >= 0.6 is 0 Å². The van der Waals surface area contributed by atoms with E-state index < -0.39 is 0 Å². The normalized spacial score (nSPS) is 14.3. The lowest BCUT2D eigenvalue weighted by Gasteiger charge is -2.36. The van der Waals surface area contributed by atoms with Crippen LogP contribution in [0.3, 0.4) is 0 Å². The molecular formula is C23H32FN5O. The number of hydrogen-bond donors (Lipinski definition) is 1. The molecule has 2 amide bonds. The van der Waals surface area contributed by atoms with Gasteiger partial charge in [0, 0.05) is 56.3 Å². The van der Waals surface area contributed by atoms with Gasteiger partial charge in [-0.1, -0.05) is 39.0 Å². The Morgan fingerprint density at radius 3 is 2.43 bits per heavy atom. The average Bonchev–Trinajstić information content (AvgIpc) is 2.75. The van der Waals surface area contributed by atoms with E-state index >= 15 is 0 Å². The van der Waals surface area contributed by atoms with Crippen LogP contribution in [0.15, 0.2) is 24.3 Å². The molecule has 1 aromatic heterocycles. The first-order valence-corrected chi connectivity index (χ1v) is 10.8.